The second kappa shape index (κ2) is 7.79. The zero-order chi connectivity index (χ0) is 27.6. The van der Waals surface area contributed by atoms with E-state index in [0.717, 1.165) is 28.8 Å². The zero-order valence-electron chi connectivity index (χ0n) is 22.0. The number of aliphatic carboxylic acids is 1. The number of carbonyl (C=O) groups is 2. The zero-order valence-corrected chi connectivity index (χ0v) is 22.0. The Labute approximate surface area is 231 Å². The first-order valence-corrected chi connectivity index (χ1v) is 14.2. The van der Waals surface area contributed by atoms with Crippen LogP contribution in [0.1, 0.15) is 47.9 Å². The molecule has 2 fully saturated rings. The van der Waals surface area contributed by atoms with Gasteiger partial charge in [0, 0.05) is 37.4 Å². The summed E-state index contributed by atoms with van der Waals surface area (Å²) >= 11 is 0. The normalized spacial score (nSPS) is 32.7. The number of aromatic hydroxyl groups is 1. The van der Waals surface area contributed by atoms with E-state index in [9.17, 15) is 30.0 Å². The Kier molecular flexibility index (Phi) is 4.73. The molecule has 1 amide bonds. The minimum absolute atomic E-state index is 0.0475. The second-order valence-corrected chi connectivity index (χ2v) is 12.8. The SMILES string of the molecule is O=C(NC1(C(=O)O)Cc2ccccc2C1)C1=C(O)C2Oc3c(O)ccc4c3[C@@]23CCN(CC2CC2)[C@H](C4)[C@]3(O)C1. The first-order chi connectivity index (χ1) is 19.2. The number of rotatable bonds is 5. The fourth-order valence-electron chi connectivity index (χ4n) is 8.57. The molecule has 1 unspecified atom stereocenters. The number of phenolic OH excluding ortho intramolecular Hbond substituents is 1. The molecule has 1 saturated carbocycles. The summed E-state index contributed by atoms with van der Waals surface area (Å²) in [7, 11) is 0. The van der Waals surface area contributed by atoms with Crippen LogP contribution < -0.4 is 10.1 Å². The Morgan fingerprint density at radius 3 is 2.42 bits per heavy atom. The van der Waals surface area contributed by atoms with Crippen molar-refractivity contribution < 1.29 is 34.8 Å². The van der Waals surface area contributed by atoms with Gasteiger partial charge >= 0.3 is 5.97 Å². The molecule has 40 heavy (non-hydrogen) atoms. The topological polar surface area (TPSA) is 140 Å². The molecule has 2 heterocycles. The third-order valence-corrected chi connectivity index (χ3v) is 10.7. The van der Waals surface area contributed by atoms with Crippen molar-refractivity contribution in [3.05, 3.63) is 70.0 Å². The third kappa shape index (κ3) is 2.94. The average Bonchev–Trinajstić information content (AvgIpc) is 3.54. The van der Waals surface area contributed by atoms with Crippen molar-refractivity contribution in [3.8, 4) is 11.5 Å². The Morgan fingerprint density at radius 1 is 1.02 bits per heavy atom. The molecule has 0 radical (unpaired) electrons. The average molecular weight is 545 g/mol. The number of ether oxygens (including phenoxy) is 1. The van der Waals surface area contributed by atoms with E-state index in [1.807, 2.05) is 30.3 Å². The molecule has 1 spiro atoms. The number of hydrogen-bond donors (Lipinski definition) is 5. The van der Waals surface area contributed by atoms with Gasteiger partial charge < -0.3 is 30.5 Å². The Morgan fingerprint density at radius 2 is 1.75 bits per heavy atom. The van der Waals surface area contributed by atoms with Gasteiger partial charge in [-0.05, 0) is 60.9 Å². The van der Waals surface area contributed by atoms with Crippen molar-refractivity contribution >= 4 is 11.9 Å². The van der Waals surface area contributed by atoms with E-state index < -0.39 is 34.5 Å². The van der Waals surface area contributed by atoms with Gasteiger partial charge in [-0.2, -0.15) is 0 Å². The number of amides is 1. The summed E-state index contributed by atoms with van der Waals surface area (Å²) in [5.41, 5.74) is -0.627. The van der Waals surface area contributed by atoms with Crippen LogP contribution >= 0.6 is 0 Å². The Balaban J connectivity index is 1.22. The van der Waals surface area contributed by atoms with Crippen LogP contribution in [0.4, 0.5) is 0 Å². The smallest absolute Gasteiger partial charge is 0.330 e. The number of aliphatic hydroxyl groups is 2. The summed E-state index contributed by atoms with van der Waals surface area (Å²) in [5, 5.41) is 48.2. The number of aliphatic hydroxyl groups excluding tert-OH is 1. The van der Waals surface area contributed by atoms with E-state index in [2.05, 4.69) is 10.2 Å². The summed E-state index contributed by atoms with van der Waals surface area (Å²) < 4.78 is 6.26. The maximum absolute atomic E-state index is 13.9. The van der Waals surface area contributed by atoms with E-state index >= 15 is 0 Å². The Bertz CT molecular complexity index is 1500. The van der Waals surface area contributed by atoms with E-state index in [4.69, 9.17) is 4.74 Å². The monoisotopic (exact) mass is 544 g/mol. The number of likely N-dealkylation sites (tertiary alicyclic amines) is 1. The van der Waals surface area contributed by atoms with E-state index in [-0.39, 0.29) is 48.1 Å². The lowest BCUT2D eigenvalue weighted by atomic mass is 9.49. The number of benzene rings is 2. The molecule has 2 bridgehead atoms. The molecule has 5 N–H and O–H groups in total. The van der Waals surface area contributed by atoms with Crippen LogP contribution in [0.15, 0.2) is 47.7 Å². The second-order valence-electron chi connectivity index (χ2n) is 12.8. The third-order valence-electron chi connectivity index (χ3n) is 10.7. The highest BCUT2D eigenvalue weighted by atomic mass is 16.5. The number of phenols is 1. The summed E-state index contributed by atoms with van der Waals surface area (Å²) in [6.07, 6.45) is 2.46. The first kappa shape index (κ1) is 24.3. The van der Waals surface area contributed by atoms with Crippen molar-refractivity contribution in [1.82, 2.24) is 10.2 Å². The van der Waals surface area contributed by atoms with Crippen LogP contribution in [0.2, 0.25) is 0 Å². The van der Waals surface area contributed by atoms with Gasteiger partial charge in [0.05, 0.1) is 16.6 Å². The number of nitrogens with zero attached hydrogens (tertiary/aromatic N) is 1. The van der Waals surface area contributed by atoms with Crippen LogP contribution in [0, 0.1) is 5.92 Å². The molecule has 9 heteroatoms. The molecule has 0 aromatic heterocycles. The van der Waals surface area contributed by atoms with Gasteiger partial charge in [0.25, 0.3) is 5.91 Å². The van der Waals surface area contributed by atoms with Crippen molar-refractivity contribution in [2.24, 2.45) is 5.92 Å². The van der Waals surface area contributed by atoms with Crippen LogP contribution in [0.5, 0.6) is 11.5 Å². The molecule has 8 rings (SSSR count). The summed E-state index contributed by atoms with van der Waals surface area (Å²) in [6, 6.07) is 10.6. The maximum atomic E-state index is 13.9. The predicted molar refractivity (Wildman–Crippen MR) is 142 cm³/mol. The van der Waals surface area contributed by atoms with E-state index in [1.165, 1.54) is 12.8 Å². The number of piperidine rings is 1. The summed E-state index contributed by atoms with van der Waals surface area (Å²) in [6.45, 7) is 1.58. The molecule has 2 aliphatic heterocycles. The van der Waals surface area contributed by atoms with E-state index in [1.54, 1.807) is 6.07 Å². The molecule has 9 nitrogen and oxygen atoms in total. The molecular formula is C31H32N2O7. The molecule has 208 valence electrons. The lowest BCUT2D eigenvalue weighted by Gasteiger charge is -2.62. The van der Waals surface area contributed by atoms with Crippen LogP contribution in [0.25, 0.3) is 0 Å². The Hall–Kier alpha value is -3.56. The minimum Gasteiger partial charge on any atom is -0.508 e. The molecule has 2 aromatic rings. The van der Waals surface area contributed by atoms with Crippen LogP contribution in [0.3, 0.4) is 0 Å². The number of carbonyl (C=O) groups excluding carboxylic acids is 1. The van der Waals surface area contributed by atoms with Gasteiger partial charge in [0.15, 0.2) is 17.6 Å². The maximum Gasteiger partial charge on any atom is 0.330 e. The molecule has 6 aliphatic rings. The van der Waals surface area contributed by atoms with Gasteiger partial charge in [0.2, 0.25) is 0 Å². The van der Waals surface area contributed by atoms with Gasteiger partial charge in [-0.1, -0.05) is 30.3 Å². The number of fused-ring (bicyclic) bond motifs is 1. The molecule has 4 atom stereocenters. The molecule has 2 aromatic carbocycles. The predicted octanol–water partition coefficient (Wildman–Crippen LogP) is 2.12. The number of hydrogen-bond acceptors (Lipinski definition) is 7. The molecule has 4 aliphatic carbocycles. The van der Waals surface area contributed by atoms with Gasteiger partial charge in [-0.15, -0.1) is 0 Å². The van der Waals surface area contributed by atoms with Crippen molar-refractivity contribution in [2.75, 3.05) is 13.1 Å². The van der Waals surface area contributed by atoms with Crippen molar-refractivity contribution in [1.29, 1.82) is 0 Å². The highest BCUT2D eigenvalue weighted by molar-refractivity contribution is 5.99. The first-order valence-electron chi connectivity index (χ1n) is 14.2. The van der Waals surface area contributed by atoms with Gasteiger partial charge in [-0.3, -0.25) is 9.69 Å². The minimum atomic E-state index is -1.56. The lowest BCUT2D eigenvalue weighted by Crippen LogP contribution is -2.76. The lowest BCUT2D eigenvalue weighted by molar-refractivity contribution is -0.173. The van der Waals surface area contributed by atoms with Crippen molar-refractivity contribution in [2.45, 2.75) is 73.6 Å². The molecule has 1 saturated heterocycles. The highest BCUT2D eigenvalue weighted by Crippen LogP contribution is 2.66. The fraction of sp³-hybridized carbons (Fsp3) is 0.484. The quantitative estimate of drug-likeness (QED) is 0.386. The van der Waals surface area contributed by atoms with Gasteiger partial charge in [-0.25, -0.2) is 4.79 Å². The highest BCUT2D eigenvalue weighted by Gasteiger charge is 2.73. The summed E-state index contributed by atoms with van der Waals surface area (Å²) in [5.74, 6) is -1.35. The number of nitrogens with one attached hydrogen (secondary N) is 1. The van der Waals surface area contributed by atoms with Crippen LogP contribution in [-0.2, 0) is 34.3 Å². The van der Waals surface area contributed by atoms with Gasteiger partial charge in [0.1, 0.15) is 11.3 Å². The number of carboxylic acids is 1. The summed E-state index contributed by atoms with van der Waals surface area (Å²) in [4.78, 5) is 28.8. The van der Waals surface area contributed by atoms with E-state index in [0.29, 0.717) is 25.3 Å². The standard InChI is InChI=1S/C31H32N2O7/c34-21-8-7-17-11-22-31(39)14-20(27(36)32-29(28(37)38)12-18-3-1-2-4-19(18)13-29)24(35)26-30(31,23(17)25(21)40-26)9-10-33(22)15-16-5-6-16/h1-4,7-8,16,22,26,34-35,39H,5-6,9-15H2,(H,32,36)(H,37,38)/t22-,26?,30+,31-/m1/s1. The largest absolute Gasteiger partial charge is 0.508 e. The fourth-order valence-corrected chi connectivity index (χ4v) is 8.57. The number of carboxylic acid groups (broad SMARTS) is 1. The van der Waals surface area contributed by atoms with Crippen LogP contribution in [-0.4, -0.2) is 73.6 Å². The van der Waals surface area contributed by atoms with Crippen molar-refractivity contribution in [3.63, 3.8) is 0 Å². The molecular weight excluding hydrogens is 512 g/mol.